The van der Waals surface area contributed by atoms with E-state index in [2.05, 4.69) is 125 Å². The topological polar surface area (TPSA) is 9.23 Å². The first-order valence-electron chi connectivity index (χ1n) is 11.1. The van der Waals surface area contributed by atoms with Crippen molar-refractivity contribution in [3.8, 4) is 0 Å². The Labute approximate surface area is 184 Å². The molecule has 3 rings (SSSR count). The minimum Gasteiger partial charge on any atom is -0.417 e. The zero-order chi connectivity index (χ0) is 21.6. The molecule has 0 unspecified atom stereocenters. The largest absolute Gasteiger partial charge is 0.417 e. The summed E-state index contributed by atoms with van der Waals surface area (Å²) in [6.45, 7) is 12.4. The molecule has 1 nitrogen and oxygen atoms in total. The predicted octanol–water partition coefficient (Wildman–Crippen LogP) is 8.01. The van der Waals surface area contributed by atoms with Gasteiger partial charge in [0.25, 0.3) is 0 Å². The summed E-state index contributed by atoms with van der Waals surface area (Å²) in [5.74, 6) is 0.794. The Morgan fingerprint density at radius 1 is 0.867 bits per heavy atom. The van der Waals surface area contributed by atoms with Gasteiger partial charge < -0.3 is 4.43 Å². The van der Waals surface area contributed by atoms with Crippen LogP contribution in [0.5, 0.6) is 0 Å². The quantitative estimate of drug-likeness (QED) is 0.433. The zero-order valence-corrected chi connectivity index (χ0v) is 20.1. The molecular formula is C28H36OSi. The van der Waals surface area contributed by atoms with Gasteiger partial charge >= 0.3 is 0 Å². The van der Waals surface area contributed by atoms with E-state index in [0.29, 0.717) is 11.8 Å². The van der Waals surface area contributed by atoms with Crippen molar-refractivity contribution in [1.82, 2.24) is 0 Å². The molecule has 0 heterocycles. The molecule has 0 bridgehead atoms. The van der Waals surface area contributed by atoms with E-state index in [0.717, 1.165) is 13.0 Å². The summed E-state index contributed by atoms with van der Waals surface area (Å²) in [4.78, 5) is 0. The van der Waals surface area contributed by atoms with Gasteiger partial charge in [-0.3, -0.25) is 0 Å². The minimum absolute atomic E-state index is 0.247. The summed E-state index contributed by atoms with van der Waals surface area (Å²) in [6, 6.07) is 21.4. The fourth-order valence-corrected chi connectivity index (χ4v) is 4.64. The normalized spacial score (nSPS) is 21.0. The van der Waals surface area contributed by atoms with Gasteiger partial charge in [0.15, 0.2) is 8.32 Å². The summed E-state index contributed by atoms with van der Waals surface area (Å²) in [6.07, 6.45) is 12.6. The molecule has 158 valence electrons. The Kier molecular flexibility index (Phi) is 7.33. The van der Waals surface area contributed by atoms with Crippen LogP contribution in [-0.2, 0) is 4.43 Å². The summed E-state index contributed by atoms with van der Waals surface area (Å²) in [7, 11) is -1.72. The standard InChI is InChI=1S/C28H36OSi/c1-28(2,3)30(4,5)29-21-20-26-18-16-24(22-23-12-8-6-9-13-23)17-19-27(26)25-14-10-7-11-15-25/h6-19,22,26-27H,20-21H2,1-5H3/b24-22-/t26-,27-/m1/s1. The lowest BCUT2D eigenvalue weighted by Crippen LogP contribution is -2.41. The third-order valence-corrected chi connectivity index (χ3v) is 11.1. The van der Waals surface area contributed by atoms with E-state index < -0.39 is 8.32 Å². The van der Waals surface area contributed by atoms with Crippen molar-refractivity contribution in [2.75, 3.05) is 6.61 Å². The van der Waals surface area contributed by atoms with E-state index in [1.807, 2.05) is 0 Å². The second-order valence-corrected chi connectivity index (χ2v) is 14.6. The summed E-state index contributed by atoms with van der Waals surface area (Å²) < 4.78 is 6.51. The Morgan fingerprint density at radius 3 is 2.10 bits per heavy atom. The molecule has 0 spiro atoms. The van der Waals surface area contributed by atoms with Gasteiger partial charge in [-0.05, 0) is 53.2 Å². The van der Waals surface area contributed by atoms with Gasteiger partial charge in [-0.15, -0.1) is 0 Å². The van der Waals surface area contributed by atoms with Crippen LogP contribution < -0.4 is 0 Å². The van der Waals surface area contributed by atoms with Crippen LogP contribution in [0, 0.1) is 5.92 Å². The number of hydrogen-bond donors (Lipinski definition) is 0. The summed E-state index contributed by atoms with van der Waals surface area (Å²) in [5, 5.41) is 0.247. The highest BCUT2D eigenvalue weighted by atomic mass is 28.4. The van der Waals surface area contributed by atoms with Gasteiger partial charge in [0.2, 0.25) is 0 Å². The lowest BCUT2D eigenvalue weighted by molar-refractivity contribution is 0.262. The van der Waals surface area contributed by atoms with Crippen molar-refractivity contribution in [3.63, 3.8) is 0 Å². The Hall–Kier alpha value is -2.16. The molecule has 2 heteroatoms. The van der Waals surface area contributed by atoms with Crippen molar-refractivity contribution in [1.29, 1.82) is 0 Å². The first-order chi connectivity index (χ1) is 14.3. The van der Waals surface area contributed by atoms with Crippen molar-refractivity contribution in [2.45, 2.75) is 51.2 Å². The molecule has 30 heavy (non-hydrogen) atoms. The molecular weight excluding hydrogens is 380 g/mol. The Balaban J connectivity index is 1.81. The number of allylic oxidation sites excluding steroid dienone is 5. The zero-order valence-electron chi connectivity index (χ0n) is 19.1. The van der Waals surface area contributed by atoms with E-state index in [9.17, 15) is 0 Å². The van der Waals surface area contributed by atoms with Gasteiger partial charge in [0.1, 0.15) is 0 Å². The fraction of sp³-hybridized carbons (Fsp3) is 0.357. The smallest absolute Gasteiger partial charge is 0.191 e. The lowest BCUT2D eigenvalue weighted by Gasteiger charge is -2.36. The van der Waals surface area contributed by atoms with Crippen LogP contribution in [0.1, 0.15) is 44.2 Å². The Bertz CT molecular complexity index is 885. The van der Waals surface area contributed by atoms with Gasteiger partial charge in [0.05, 0.1) is 0 Å². The monoisotopic (exact) mass is 416 g/mol. The SMILES string of the molecule is CC(C)(C)[Si](C)(C)OCC[C@H]1C=C/C(=C/c2ccccc2)C=C[C@@H]1c1ccccc1. The van der Waals surface area contributed by atoms with E-state index >= 15 is 0 Å². The minimum atomic E-state index is -1.72. The second-order valence-electron chi connectivity index (χ2n) is 9.77. The van der Waals surface area contributed by atoms with E-state index in [-0.39, 0.29) is 5.04 Å². The number of rotatable bonds is 6. The molecule has 1 aliphatic carbocycles. The van der Waals surface area contributed by atoms with E-state index in [4.69, 9.17) is 4.43 Å². The third-order valence-electron chi connectivity index (χ3n) is 6.53. The summed E-state index contributed by atoms with van der Waals surface area (Å²) >= 11 is 0. The van der Waals surface area contributed by atoms with Crippen molar-refractivity contribution < 1.29 is 4.43 Å². The molecule has 1 aliphatic rings. The molecule has 0 N–H and O–H groups in total. The van der Waals surface area contributed by atoms with Crippen LogP contribution >= 0.6 is 0 Å². The van der Waals surface area contributed by atoms with Crippen molar-refractivity contribution in [2.24, 2.45) is 5.92 Å². The summed E-state index contributed by atoms with van der Waals surface area (Å²) in [5.41, 5.74) is 3.85. The molecule has 0 amide bonds. The van der Waals surface area contributed by atoms with E-state index in [1.165, 1.54) is 16.7 Å². The van der Waals surface area contributed by atoms with E-state index in [1.54, 1.807) is 0 Å². The lowest BCUT2D eigenvalue weighted by atomic mass is 9.84. The molecule has 2 aromatic carbocycles. The molecule has 2 atom stereocenters. The van der Waals surface area contributed by atoms with Gasteiger partial charge in [-0.1, -0.05) is 106 Å². The third kappa shape index (κ3) is 5.93. The fourth-order valence-electron chi connectivity index (χ4n) is 3.58. The van der Waals surface area contributed by atoms with Crippen molar-refractivity contribution >= 4 is 14.4 Å². The highest BCUT2D eigenvalue weighted by Gasteiger charge is 2.37. The van der Waals surface area contributed by atoms with Crippen LogP contribution in [-0.4, -0.2) is 14.9 Å². The molecule has 0 aliphatic heterocycles. The van der Waals surface area contributed by atoms with Crippen LogP contribution in [0.4, 0.5) is 0 Å². The van der Waals surface area contributed by atoms with Crippen LogP contribution in [0.3, 0.4) is 0 Å². The second kappa shape index (κ2) is 9.76. The first kappa shape index (κ1) is 22.5. The average Bonchev–Trinajstić information content (AvgIpc) is 2.91. The maximum atomic E-state index is 6.51. The predicted molar refractivity (Wildman–Crippen MR) is 133 cm³/mol. The first-order valence-corrected chi connectivity index (χ1v) is 14.0. The number of benzene rings is 2. The van der Waals surface area contributed by atoms with Crippen molar-refractivity contribution in [3.05, 3.63) is 102 Å². The van der Waals surface area contributed by atoms with Crippen LogP contribution in [0.25, 0.3) is 6.08 Å². The molecule has 2 aromatic rings. The molecule has 0 radical (unpaired) electrons. The van der Waals surface area contributed by atoms with Gasteiger partial charge in [-0.2, -0.15) is 0 Å². The molecule has 0 fully saturated rings. The number of hydrogen-bond acceptors (Lipinski definition) is 1. The highest BCUT2D eigenvalue weighted by Crippen LogP contribution is 2.38. The maximum absolute atomic E-state index is 6.51. The Morgan fingerprint density at radius 2 is 1.47 bits per heavy atom. The van der Waals surface area contributed by atoms with Gasteiger partial charge in [0, 0.05) is 12.5 Å². The highest BCUT2D eigenvalue weighted by molar-refractivity contribution is 6.74. The maximum Gasteiger partial charge on any atom is 0.191 e. The molecule has 0 saturated heterocycles. The van der Waals surface area contributed by atoms with Gasteiger partial charge in [-0.25, -0.2) is 0 Å². The molecule has 0 aromatic heterocycles. The molecule has 0 saturated carbocycles. The average molecular weight is 417 g/mol. The van der Waals surface area contributed by atoms with Crippen LogP contribution in [0.2, 0.25) is 18.1 Å². The van der Waals surface area contributed by atoms with Crippen LogP contribution in [0.15, 0.2) is 90.5 Å².